The molecule has 1 aliphatic heterocycles. The predicted octanol–water partition coefficient (Wildman–Crippen LogP) is 2.41. The van der Waals surface area contributed by atoms with Crippen molar-refractivity contribution < 1.29 is 8.42 Å². The van der Waals surface area contributed by atoms with Gasteiger partial charge in [-0.15, -0.1) is 0 Å². The molecule has 17 heavy (non-hydrogen) atoms. The molecule has 0 N–H and O–H groups in total. The standard InChI is InChI=1S/C11H15BrN2O2S/c12-10-5-6-11(13-9-10)17(15,16)14-7-3-1-2-4-8-14/h5-6,9H,1-4,7-8H2. The van der Waals surface area contributed by atoms with E-state index in [1.165, 1.54) is 6.20 Å². The lowest BCUT2D eigenvalue weighted by Gasteiger charge is -2.19. The van der Waals surface area contributed by atoms with Crippen LogP contribution in [0.1, 0.15) is 25.7 Å². The van der Waals surface area contributed by atoms with Crippen LogP contribution in [-0.2, 0) is 10.0 Å². The maximum Gasteiger partial charge on any atom is 0.260 e. The minimum atomic E-state index is -3.40. The zero-order valence-corrected chi connectivity index (χ0v) is 11.9. The average Bonchev–Trinajstić information content (AvgIpc) is 2.58. The monoisotopic (exact) mass is 318 g/mol. The lowest BCUT2D eigenvalue weighted by Crippen LogP contribution is -2.32. The van der Waals surface area contributed by atoms with Gasteiger partial charge in [-0.25, -0.2) is 13.4 Å². The predicted molar refractivity (Wildman–Crippen MR) is 69.2 cm³/mol. The van der Waals surface area contributed by atoms with Gasteiger partial charge in [-0.2, -0.15) is 4.31 Å². The van der Waals surface area contributed by atoms with Crippen LogP contribution in [0.2, 0.25) is 0 Å². The molecule has 0 unspecified atom stereocenters. The Morgan fingerprint density at radius 2 is 1.76 bits per heavy atom. The van der Waals surface area contributed by atoms with Gasteiger partial charge in [0.25, 0.3) is 10.0 Å². The quantitative estimate of drug-likeness (QED) is 0.841. The Hall–Kier alpha value is -0.460. The molecule has 0 aromatic carbocycles. The third kappa shape index (κ3) is 3.05. The lowest BCUT2D eigenvalue weighted by atomic mass is 10.2. The number of pyridine rings is 1. The van der Waals surface area contributed by atoms with Crippen LogP contribution < -0.4 is 0 Å². The average molecular weight is 319 g/mol. The van der Waals surface area contributed by atoms with Crippen molar-refractivity contribution in [2.24, 2.45) is 0 Å². The van der Waals surface area contributed by atoms with Gasteiger partial charge in [-0.3, -0.25) is 0 Å². The molecule has 0 radical (unpaired) electrons. The summed E-state index contributed by atoms with van der Waals surface area (Å²) in [5.74, 6) is 0. The van der Waals surface area contributed by atoms with E-state index in [2.05, 4.69) is 20.9 Å². The SMILES string of the molecule is O=S(=O)(c1ccc(Br)cn1)N1CCCCCC1. The Kier molecular flexibility index (Phi) is 4.17. The van der Waals surface area contributed by atoms with Gasteiger partial charge in [0.05, 0.1) is 0 Å². The molecule has 1 aromatic heterocycles. The molecular weight excluding hydrogens is 304 g/mol. The molecule has 6 heteroatoms. The van der Waals surface area contributed by atoms with E-state index in [0.717, 1.165) is 30.2 Å². The summed E-state index contributed by atoms with van der Waals surface area (Å²) in [4.78, 5) is 3.98. The highest BCUT2D eigenvalue weighted by Gasteiger charge is 2.25. The molecule has 1 aromatic rings. The number of nitrogens with zero attached hydrogens (tertiary/aromatic N) is 2. The topological polar surface area (TPSA) is 50.3 Å². The summed E-state index contributed by atoms with van der Waals surface area (Å²) >= 11 is 3.25. The third-order valence-electron chi connectivity index (χ3n) is 2.87. The first-order valence-corrected chi connectivity index (χ1v) is 7.96. The number of sulfonamides is 1. The second-order valence-corrected chi connectivity index (χ2v) is 6.93. The summed E-state index contributed by atoms with van der Waals surface area (Å²) < 4.78 is 26.9. The first-order chi connectivity index (χ1) is 8.10. The number of rotatable bonds is 2. The summed E-state index contributed by atoms with van der Waals surface area (Å²) in [7, 11) is -3.40. The molecule has 1 aliphatic rings. The minimum absolute atomic E-state index is 0.141. The molecule has 2 heterocycles. The first kappa shape index (κ1) is 13.0. The molecule has 0 bridgehead atoms. The Morgan fingerprint density at radius 1 is 1.12 bits per heavy atom. The fraction of sp³-hybridized carbons (Fsp3) is 0.545. The second kappa shape index (κ2) is 5.46. The zero-order chi connectivity index (χ0) is 12.3. The summed E-state index contributed by atoms with van der Waals surface area (Å²) in [5, 5.41) is 0.141. The van der Waals surface area contributed by atoms with Gasteiger partial charge in [-0.05, 0) is 40.9 Å². The van der Waals surface area contributed by atoms with Crippen LogP contribution in [0.4, 0.5) is 0 Å². The van der Waals surface area contributed by atoms with E-state index in [9.17, 15) is 8.42 Å². The van der Waals surface area contributed by atoms with Crippen molar-refractivity contribution in [1.82, 2.24) is 9.29 Å². The molecule has 0 amide bonds. The van der Waals surface area contributed by atoms with Gasteiger partial charge >= 0.3 is 0 Å². The van der Waals surface area contributed by atoms with Crippen molar-refractivity contribution >= 4 is 26.0 Å². The van der Waals surface area contributed by atoms with E-state index in [4.69, 9.17) is 0 Å². The highest BCUT2D eigenvalue weighted by atomic mass is 79.9. The van der Waals surface area contributed by atoms with Crippen molar-refractivity contribution in [2.75, 3.05) is 13.1 Å². The molecule has 4 nitrogen and oxygen atoms in total. The van der Waals surface area contributed by atoms with Crippen molar-refractivity contribution in [3.63, 3.8) is 0 Å². The normalized spacial score (nSPS) is 18.9. The molecule has 0 spiro atoms. The van der Waals surface area contributed by atoms with Crippen LogP contribution >= 0.6 is 15.9 Å². The van der Waals surface area contributed by atoms with E-state index in [1.807, 2.05) is 0 Å². The van der Waals surface area contributed by atoms with Crippen molar-refractivity contribution in [1.29, 1.82) is 0 Å². The molecule has 0 aliphatic carbocycles. The van der Waals surface area contributed by atoms with Gasteiger partial charge in [0.15, 0.2) is 5.03 Å². The molecule has 94 valence electrons. The van der Waals surface area contributed by atoms with Crippen LogP contribution in [0.15, 0.2) is 27.8 Å². The van der Waals surface area contributed by atoms with Gasteiger partial charge in [-0.1, -0.05) is 12.8 Å². The van der Waals surface area contributed by atoms with E-state index in [0.29, 0.717) is 13.1 Å². The van der Waals surface area contributed by atoms with Gasteiger partial charge in [0, 0.05) is 23.8 Å². The van der Waals surface area contributed by atoms with Crippen LogP contribution in [0, 0.1) is 0 Å². The highest BCUT2D eigenvalue weighted by molar-refractivity contribution is 9.10. The summed E-state index contributed by atoms with van der Waals surface area (Å²) in [6.45, 7) is 1.22. The Balaban J connectivity index is 2.25. The summed E-state index contributed by atoms with van der Waals surface area (Å²) in [6, 6.07) is 3.25. The number of halogens is 1. The van der Waals surface area contributed by atoms with E-state index >= 15 is 0 Å². The maximum absolute atomic E-state index is 12.3. The number of hydrogen-bond acceptors (Lipinski definition) is 3. The molecule has 2 rings (SSSR count). The van der Waals surface area contributed by atoms with Crippen molar-refractivity contribution in [3.05, 3.63) is 22.8 Å². The zero-order valence-electron chi connectivity index (χ0n) is 9.47. The maximum atomic E-state index is 12.3. The largest absolute Gasteiger partial charge is 0.260 e. The second-order valence-electron chi connectivity index (χ2n) is 4.13. The van der Waals surface area contributed by atoms with Gasteiger partial charge < -0.3 is 0 Å². The van der Waals surface area contributed by atoms with Crippen molar-refractivity contribution in [3.8, 4) is 0 Å². The van der Waals surface area contributed by atoms with Crippen LogP contribution in [0.25, 0.3) is 0 Å². The Labute approximate surface area is 110 Å². The lowest BCUT2D eigenvalue weighted by molar-refractivity contribution is 0.421. The van der Waals surface area contributed by atoms with E-state index < -0.39 is 10.0 Å². The van der Waals surface area contributed by atoms with E-state index in [-0.39, 0.29) is 5.03 Å². The van der Waals surface area contributed by atoms with E-state index in [1.54, 1.807) is 16.4 Å². The molecule has 1 saturated heterocycles. The van der Waals surface area contributed by atoms with Gasteiger partial charge in [0.1, 0.15) is 0 Å². The fourth-order valence-corrected chi connectivity index (χ4v) is 3.59. The van der Waals surface area contributed by atoms with Gasteiger partial charge in [0.2, 0.25) is 0 Å². The first-order valence-electron chi connectivity index (χ1n) is 5.72. The highest BCUT2D eigenvalue weighted by Crippen LogP contribution is 2.19. The van der Waals surface area contributed by atoms with Crippen LogP contribution in [-0.4, -0.2) is 30.8 Å². The fourth-order valence-electron chi connectivity index (χ4n) is 1.93. The van der Waals surface area contributed by atoms with Crippen LogP contribution in [0.3, 0.4) is 0 Å². The Morgan fingerprint density at radius 3 is 2.29 bits per heavy atom. The number of hydrogen-bond donors (Lipinski definition) is 0. The summed E-state index contributed by atoms with van der Waals surface area (Å²) in [5.41, 5.74) is 0. The van der Waals surface area contributed by atoms with Crippen LogP contribution in [0.5, 0.6) is 0 Å². The smallest absolute Gasteiger partial charge is 0.242 e. The number of aromatic nitrogens is 1. The molecule has 1 fully saturated rings. The molecule has 0 atom stereocenters. The minimum Gasteiger partial charge on any atom is -0.242 e. The van der Waals surface area contributed by atoms with Crippen molar-refractivity contribution in [2.45, 2.75) is 30.7 Å². The molecule has 0 saturated carbocycles. The molecular formula is C11H15BrN2O2S. The summed E-state index contributed by atoms with van der Waals surface area (Å²) in [6.07, 6.45) is 5.62. The Bertz CT molecular complexity index is 465. The third-order valence-corrected chi connectivity index (χ3v) is 5.15.